The Morgan fingerprint density at radius 2 is 1.80 bits per heavy atom. The Hall–Kier alpha value is -3.06. The van der Waals surface area contributed by atoms with Gasteiger partial charge in [-0.15, -0.1) is 0 Å². The largest absolute Gasteiger partial charge is 0.340 e. The van der Waals surface area contributed by atoms with Gasteiger partial charge in [0.05, 0.1) is 11.3 Å². The highest BCUT2D eigenvalue weighted by atomic mass is 16.1. The number of fused-ring (bicyclic) bond motifs is 1. The molecule has 4 heteroatoms. The van der Waals surface area contributed by atoms with Crippen molar-refractivity contribution in [2.24, 2.45) is 5.92 Å². The summed E-state index contributed by atoms with van der Waals surface area (Å²) in [6.07, 6.45) is 9.15. The number of anilines is 1. The first kappa shape index (κ1) is 25.0. The number of benzene rings is 1. The van der Waals surface area contributed by atoms with Crippen molar-refractivity contribution in [1.29, 1.82) is 5.26 Å². The van der Waals surface area contributed by atoms with Gasteiger partial charge in [0, 0.05) is 28.7 Å². The molecule has 2 aromatic rings. The van der Waals surface area contributed by atoms with Gasteiger partial charge in [-0.05, 0) is 37.1 Å². The lowest BCUT2D eigenvalue weighted by Gasteiger charge is -2.11. The van der Waals surface area contributed by atoms with E-state index in [1.165, 1.54) is 0 Å². The molecule has 0 spiro atoms. The highest BCUT2D eigenvalue weighted by molar-refractivity contribution is 5.92. The molecule has 0 unspecified atom stereocenters. The molecule has 1 aromatic heterocycles. The van der Waals surface area contributed by atoms with Gasteiger partial charge in [-0.1, -0.05) is 71.9 Å². The number of carbonyl (C=O) groups is 1. The normalized spacial score (nSPS) is 11.3. The van der Waals surface area contributed by atoms with Gasteiger partial charge in [0.15, 0.2) is 0 Å². The van der Waals surface area contributed by atoms with Crippen molar-refractivity contribution >= 4 is 23.7 Å². The molecule has 1 aliphatic carbocycles. The van der Waals surface area contributed by atoms with Crippen molar-refractivity contribution < 1.29 is 4.79 Å². The minimum Gasteiger partial charge on any atom is -0.340 e. The quantitative estimate of drug-likeness (QED) is 0.759. The second kappa shape index (κ2) is 12.5. The zero-order valence-corrected chi connectivity index (χ0v) is 19.4. The Kier molecular flexibility index (Phi) is 10.4. The molecule has 1 aromatic carbocycles. The van der Waals surface area contributed by atoms with Crippen molar-refractivity contribution in [3.63, 3.8) is 0 Å². The van der Waals surface area contributed by atoms with Crippen molar-refractivity contribution in [1.82, 2.24) is 4.57 Å². The van der Waals surface area contributed by atoms with E-state index in [-0.39, 0.29) is 11.8 Å². The number of aromatic nitrogens is 1. The molecule has 1 N–H and O–H groups in total. The first-order valence-corrected chi connectivity index (χ1v) is 11.0. The molecule has 160 valence electrons. The molecule has 1 aliphatic rings. The van der Waals surface area contributed by atoms with E-state index in [0.717, 1.165) is 40.5 Å². The number of rotatable bonds is 4. The predicted octanol–water partition coefficient (Wildman–Crippen LogP) is 5.21. The first-order valence-electron chi connectivity index (χ1n) is 11.0. The van der Waals surface area contributed by atoms with Crippen LogP contribution in [0.3, 0.4) is 0 Å². The number of nitriles is 1. The van der Waals surface area contributed by atoms with E-state index in [1.807, 2.05) is 71.9 Å². The minimum absolute atomic E-state index is 0.00454. The van der Waals surface area contributed by atoms with Crippen LogP contribution in [0.15, 0.2) is 36.4 Å². The highest BCUT2D eigenvalue weighted by Gasteiger charge is 2.16. The maximum atomic E-state index is 11.9. The van der Waals surface area contributed by atoms with Gasteiger partial charge in [0.25, 0.3) is 0 Å². The summed E-state index contributed by atoms with van der Waals surface area (Å²) in [6.45, 7) is 14.6. The van der Waals surface area contributed by atoms with E-state index in [4.69, 9.17) is 0 Å². The van der Waals surface area contributed by atoms with Crippen LogP contribution in [-0.4, -0.2) is 10.5 Å². The predicted molar refractivity (Wildman–Crippen MR) is 128 cm³/mol. The lowest BCUT2D eigenvalue weighted by Crippen LogP contribution is -2.29. The molecular weight excluding hydrogens is 370 g/mol. The monoisotopic (exact) mass is 405 g/mol. The second-order valence-electron chi connectivity index (χ2n) is 6.63. The van der Waals surface area contributed by atoms with Gasteiger partial charge in [-0.25, -0.2) is 0 Å². The number of nitrogens with zero attached hydrogens (tertiary/aromatic N) is 2. The maximum Gasteiger partial charge on any atom is 0.226 e. The van der Waals surface area contributed by atoms with Gasteiger partial charge >= 0.3 is 0 Å². The smallest absolute Gasteiger partial charge is 0.226 e. The van der Waals surface area contributed by atoms with Gasteiger partial charge in [0.2, 0.25) is 5.91 Å². The molecular formula is C26H35N3O. The summed E-state index contributed by atoms with van der Waals surface area (Å²) in [7, 11) is 0. The third-order valence-corrected chi connectivity index (χ3v) is 4.57. The Morgan fingerprint density at radius 3 is 2.33 bits per heavy atom. The summed E-state index contributed by atoms with van der Waals surface area (Å²) < 4.78 is 2.18. The molecule has 30 heavy (non-hydrogen) atoms. The summed E-state index contributed by atoms with van der Waals surface area (Å²) >= 11 is 0. The highest BCUT2D eigenvalue weighted by Crippen LogP contribution is 2.23. The standard InChI is InChI=1S/C22H23N3O.2C2H6/c1-4-25-20-9-7-5-6-8-18(20)19(14-23)21(25)16-10-12-17(13-11-16)24-22(26)15(2)3;2*1-2/h5,7-13,15H,4,6H2,1-3H3,(H,24,26);2*1-2H3. The van der Waals surface area contributed by atoms with E-state index in [1.54, 1.807) is 0 Å². The molecule has 0 saturated carbocycles. The summed E-state index contributed by atoms with van der Waals surface area (Å²) in [6, 6.07) is 10.1. The average Bonchev–Trinajstić information content (AvgIpc) is 2.91. The fourth-order valence-electron chi connectivity index (χ4n) is 3.21. The zero-order valence-electron chi connectivity index (χ0n) is 19.4. The Morgan fingerprint density at radius 1 is 1.17 bits per heavy atom. The van der Waals surface area contributed by atoms with E-state index in [9.17, 15) is 10.1 Å². The van der Waals surface area contributed by atoms with E-state index in [0.29, 0.717) is 5.56 Å². The third kappa shape index (κ3) is 5.51. The molecule has 0 saturated heterocycles. The van der Waals surface area contributed by atoms with Crippen LogP contribution in [0.2, 0.25) is 0 Å². The van der Waals surface area contributed by atoms with Crippen molar-refractivity contribution in [2.45, 2.75) is 61.4 Å². The third-order valence-electron chi connectivity index (χ3n) is 4.57. The summed E-state index contributed by atoms with van der Waals surface area (Å²) in [5.74, 6) is -0.0675. The molecule has 3 rings (SSSR count). The van der Waals surface area contributed by atoms with E-state index in [2.05, 4.69) is 41.1 Å². The number of hydrogen-bond donors (Lipinski definition) is 1. The van der Waals surface area contributed by atoms with Crippen LogP contribution in [0, 0.1) is 17.2 Å². The van der Waals surface area contributed by atoms with Crippen LogP contribution in [0.1, 0.15) is 60.5 Å². The van der Waals surface area contributed by atoms with Crippen LogP contribution in [0.5, 0.6) is 0 Å². The molecule has 0 fully saturated rings. The molecule has 1 heterocycles. The Labute approximate surface area is 181 Å². The first-order chi connectivity index (χ1) is 14.6. The fraction of sp³-hybridized carbons (Fsp3) is 0.385. The van der Waals surface area contributed by atoms with Gasteiger partial charge in [0.1, 0.15) is 6.07 Å². The van der Waals surface area contributed by atoms with Crippen molar-refractivity contribution in [2.75, 3.05) is 5.32 Å². The van der Waals surface area contributed by atoms with Gasteiger partial charge < -0.3 is 9.88 Å². The lowest BCUT2D eigenvalue weighted by atomic mass is 10.1. The van der Waals surface area contributed by atoms with Crippen molar-refractivity contribution in [3.05, 3.63) is 52.5 Å². The van der Waals surface area contributed by atoms with Gasteiger partial charge in [-0.3, -0.25) is 4.79 Å². The van der Waals surface area contributed by atoms with Crippen LogP contribution in [0.4, 0.5) is 5.69 Å². The van der Waals surface area contributed by atoms with Crippen LogP contribution in [-0.2, 0) is 11.3 Å². The van der Waals surface area contributed by atoms with Gasteiger partial charge in [-0.2, -0.15) is 5.26 Å². The lowest BCUT2D eigenvalue weighted by molar-refractivity contribution is -0.118. The SMILES string of the molecule is CC.CC.CCn1c(-c2ccc(NC(=O)C(C)C)cc2)c(C#N)c2c1=CC=CCC=2. The zero-order chi connectivity index (χ0) is 22.7. The fourth-order valence-corrected chi connectivity index (χ4v) is 3.21. The second-order valence-corrected chi connectivity index (χ2v) is 6.63. The van der Waals surface area contributed by atoms with Crippen LogP contribution in [0.25, 0.3) is 23.4 Å². The summed E-state index contributed by atoms with van der Waals surface area (Å²) in [5, 5.41) is 14.8. The Balaban J connectivity index is 0.00000106. The Bertz CT molecular complexity index is 1020. The average molecular weight is 406 g/mol. The van der Waals surface area contributed by atoms with Crippen LogP contribution >= 0.6 is 0 Å². The van der Waals surface area contributed by atoms with Crippen LogP contribution < -0.4 is 15.9 Å². The molecule has 0 aliphatic heterocycles. The molecule has 0 radical (unpaired) electrons. The molecule has 0 atom stereocenters. The molecule has 1 amide bonds. The van der Waals surface area contributed by atoms with E-state index >= 15 is 0 Å². The maximum absolute atomic E-state index is 11.9. The molecule has 4 nitrogen and oxygen atoms in total. The topological polar surface area (TPSA) is 57.8 Å². The number of nitrogens with one attached hydrogen (secondary N) is 1. The number of hydrogen-bond acceptors (Lipinski definition) is 2. The summed E-state index contributed by atoms with van der Waals surface area (Å²) in [4.78, 5) is 11.9. The minimum atomic E-state index is -0.0630. The number of carbonyl (C=O) groups excluding carboxylic acids is 1. The summed E-state index contributed by atoms with van der Waals surface area (Å²) in [5.41, 5.74) is 3.39. The molecule has 0 bridgehead atoms. The van der Waals surface area contributed by atoms with Crippen molar-refractivity contribution in [3.8, 4) is 17.3 Å². The number of amides is 1. The van der Waals surface area contributed by atoms with E-state index < -0.39 is 0 Å². The number of allylic oxidation sites excluding steroid dienone is 2.